The van der Waals surface area contributed by atoms with Crippen LogP contribution < -0.4 is 5.73 Å². The van der Waals surface area contributed by atoms with Crippen molar-refractivity contribution >= 4 is 35.3 Å². The molecule has 218 valence electrons. The van der Waals surface area contributed by atoms with E-state index >= 15 is 0 Å². The molecule has 3 aliphatic carbocycles. The van der Waals surface area contributed by atoms with E-state index in [4.69, 9.17) is 5.73 Å². The fraction of sp³-hybridized carbons (Fsp3) is 0.290. The highest BCUT2D eigenvalue weighted by Gasteiger charge is 2.64. The molecule has 42 heavy (non-hydrogen) atoms. The molecule has 0 radical (unpaired) electrons. The lowest BCUT2D eigenvalue weighted by Crippen LogP contribution is -2.65. The Morgan fingerprint density at radius 2 is 1.83 bits per heavy atom. The zero-order chi connectivity index (χ0) is 30.7. The van der Waals surface area contributed by atoms with E-state index in [0.29, 0.717) is 22.3 Å². The van der Waals surface area contributed by atoms with Gasteiger partial charge < -0.3 is 30.9 Å². The average Bonchev–Trinajstić information content (AvgIpc) is 2.93. The monoisotopic (exact) mass is 574 g/mol. The van der Waals surface area contributed by atoms with E-state index in [0.717, 1.165) is 0 Å². The number of rotatable bonds is 5. The fourth-order valence-electron chi connectivity index (χ4n) is 6.56. The third kappa shape index (κ3) is 4.20. The SMILES string of the molecule is COC(=O)/C=C/c1cccc(-c2ccc(O)c3c2CC2CC4[C@H](N(C)C)C(=O)C(C(N)=O)=C(O)[C@@]4(O)C(=O)C2=C3O)c1. The highest BCUT2D eigenvalue weighted by atomic mass is 16.5. The van der Waals surface area contributed by atoms with Crippen LogP contribution in [-0.2, 0) is 30.3 Å². The van der Waals surface area contributed by atoms with Gasteiger partial charge in [-0.25, -0.2) is 4.79 Å². The number of amides is 1. The van der Waals surface area contributed by atoms with E-state index in [1.807, 2.05) is 12.1 Å². The summed E-state index contributed by atoms with van der Waals surface area (Å²) in [5.41, 5.74) is 4.17. The number of phenolic OH excluding ortho intramolecular Hbond substituents is 1. The summed E-state index contributed by atoms with van der Waals surface area (Å²) in [6.07, 6.45) is 3.00. The molecule has 4 atom stereocenters. The Balaban J connectivity index is 1.68. The lowest BCUT2D eigenvalue weighted by atomic mass is 9.57. The standard InChI is InChI=1S/C31H30N2O9/c1-33(2)25-19-13-16-12-18-17(15-6-4-5-14(11-15)7-10-21(35)42-3)8-9-20(34)23(18)26(36)22(16)28(38)31(19,41)29(39)24(27(25)37)30(32)40/h4-11,16,19,25,34,36,39,41H,12-13H2,1-3H3,(H2,32,40)/b10-7+/t16?,19?,25-,31-/m0/s1. The molecule has 0 heterocycles. The van der Waals surface area contributed by atoms with Crippen LogP contribution in [-0.4, -0.2) is 81.6 Å². The van der Waals surface area contributed by atoms with Gasteiger partial charge in [0.05, 0.1) is 18.7 Å². The Kier molecular flexibility index (Phi) is 7.04. The van der Waals surface area contributed by atoms with Crippen LogP contribution in [0.1, 0.15) is 23.1 Å². The zero-order valence-corrected chi connectivity index (χ0v) is 23.1. The highest BCUT2D eigenvalue weighted by molar-refractivity contribution is 6.24. The Labute approximate surface area is 240 Å². The molecule has 0 aromatic heterocycles. The molecule has 1 fully saturated rings. The second-order valence-corrected chi connectivity index (χ2v) is 10.9. The normalized spacial score (nSPS) is 25.4. The van der Waals surface area contributed by atoms with Gasteiger partial charge in [0.15, 0.2) is 11.4 Å². The quantitative estimate of drug-likeness (QED) is 0.200. The van der Waals surface area contributed by atoms with Crippen LogP contribution in [0.4, 0.5) is 0 Å². The number of ketones is 2. The van der Waals surface area contributed by atoms with Crippen LogP contribution in [0.25, 0.3) is 23.0 Å². The van der Waals surface area contributed by atoms with Gasteiger partial charge in [-0.3, -0.25) is 19.3 Å². The Bertz CT molecular complexity index is 1650. The van der Waals surface area contributed by atoms with E-state index in [9.17, 15) is 39.6 Å². The van der Waals surface area contributed by atoms with Gasteiger partial charge in [0, 0.05) is 17.6 Å². The molecule has 2 aromatic rings. The topological polar surface area (TPSA) is 188 Å². The summed E-state index contributed by atoms with van der Waals surface area (Å²) in [7, 11) is 4.37. The summed E-state index contributed by atoms with van der Waals surface area (Å²) in [4.78, 5) is 52.4. The Hall–Kier alpha value is -4.74. The van der Waals surface area contributed by atoms with E-state index < -0.39 is 64.0 Å². The largest absolute Gasteiger partial charge is 0.508 e. The predicted octanol–water partition coefficient (Wildman–Crippen LogP) is 1.82. The molecule has 0 saturated heterocycles. The number of hydrogen-bond acceptors (Lipinski definition) is 10. The van der Waals surface area contributed by atoms with Crippen molar-refractivity contribution in [2.45, 2.75) is 24.5 Å². The number of esters is 1. The number of benzene rings is 2. The number of Topliss-reactive ketones (excluding diaryl/α,β-unsaturated/α-hetero) is 2. The first-order chi connectivity index (χ1) is 19.8. The smallest absolute Gasteiger partial charge is 0.330 e. The van der Waals surface area contributed by atoms with Gasteiger partial charge in [-0.1, -0.05) is 24.3 Å². The first kappa shape index (κ1) is 28.8. The zero-order valence-electron chi connectivity index (χ0n) is 23.1. The number of nitrogens with two attached hydrogens (primary N) is 1. The maximum Gasteiger partial charge on any atom is 0.330 e. The molecule has 11 nitrogen and oxygen atoms in total. The lowest BCUT2D eigenvalue weighted by Gasteiger charge is -2.50. The highest BCUT2D eigenvalue weighted by Crippen LogP contribution is 2.53. The van der Waals surface area contributed by atoms with Crippen LogP contribution in [0.2, 0.25) is 0 Å². The minimum absolute atomic E-state index is 0.000652. The number of hydrogen-bond donors (Lipinski definition) is 5. The van der Waals surface area contributed by atoms with Crippen LogP contribution in [0.15, 0.2) is 59.4 Å². The van der Waals surface area contributed by atoms with Crippen LogP contribution in [0, 0.1) is 11.8 Å². The van der Waals surface area contributed by atoms with E-state index in [1.165, 1.54) is 24.2 Å². The molecule has 3 aliphatic rings. The fourth-order valence-corrected chi connectivity index (χ4v) is 6.56. The van der Waals surface area contributed by atoms with Crippen molar-refractivity contribution < 1.29 is 44.3 Å². The molecule has 0 aliphatic heterocycles. The van der Waals surface area contributed by atoms with Crippen molar-refractivity contribution in [2.75, 3.05) is 21.2 Å². The van der Waals surface area contributed by atoms with Gasteiger partial charge in [0.2, 0.25) is 5.78 Å². The number of primary amides is 1. The van der Waals surface area contributed by atoms with E-state index in [1.54, 1.807) is 38.4 Å². The summed E-state index contributed by atoms with van der Waals surface area (Å²) in [5.74, 6) is -7.54. The Morgan fingerprint density at radius 3 is 2.48 bits per heavy atom. The van der Waals surface area contributed by atoms with Gasteiger partial charge in [-0.2, -0.15) is 0 Å². The van der Waals surface area contributed by atoms with Gasteiger partial charge in [0.25, 0.3) is 5.91 Å². The van der Waals surface area contributed by atoms with Crippen molar-refractivity contribution in [2.24, 2.45) is 17.6 Å². The number of phenols is 1. The lowest BCUT2D eigenvalue weighted by molar-refractivity contribution is -0.153. The van der Waals surface area contributed by atoms with Crippen LogP contribution in [0.5, 0.6) is 5.75 Å². The van der Waals surface area contributed by atoms with E-state index in [-0.39, 0.29) is 29.7 Å². The van der Waals surface area contributed by atoms with Crippen molar-refractivity contribution in [3.63, 3.8) is 0 Å². The number of methoxy groups -OCH3 is 1. The molecule has 0 spiro atoms. The number of likely N-dealkylation sites (N-methyl/N-ethyl adjacent to an activating group) is 1. The summed E-state index contributed by atoms with van der Waals surface area (Å²) in [5, 5.41) is 45.0. The molecule has 6 N–H and O–H groups in total. The van der Waals surface area contributed by atoms with Crippen molar-refractivity contribution in [1.29, 1.82) is 0 Å². The molecule has 11 heteroatoms. The number of nitrogens with zero attached hydrogens (tertiary/aromatic N) is 1. The predicted molar refractivity (Wildman–Crippen MR) is 151 cm³/mol. The maximum atomic E-state index is 14.0. The van der Waals surface area contributed by atoms with Crippen LogP contribution >= 0.6 is 0 Å². The Morgan fingerprint density at radius 1 is 1.12 bits per heavy atom. The summed E-state index contributed by atoms with van der Waals surface area (Å²) < 4.78 is 4.65. The second-order valence-electron chi connectivity index (χ2n) is 10.9. The average molecular weight is 575 g/mol. The molecule has 1 saturated carbocycles. The second kappa shape index (κ2) is 10.3. The number of aromatic hydroxyl groups is 1. The first-order valence-electron chi connectivity index (χ1n) is 13.2. The van der Waals surface area contributed by atoms with Crippen molar-refractivity contribution in [3.8, 4) is 16.9 Å². The number of aliphatic hydroxyl groups is 3. The molecule has 0 bridgehead atoms. The third-order valence-corrected chi connectivity index (χ3v) is 8.41. The van der Waals surface area contributed by atoms with Gasteiger partial charge in [-0.05, 0) is 73.3 Å². The molecule has 2 aromatic carbocycles. The van der Waals surface area contributed by atoms with Crippen molar-refractivity contribution in [3.05, 3.63) is 76.1 Å². The molecular formula is C31H30N2O9. The minimum Gasteiger partial charge on any atom is -0.508 e. The molecular weight excluding hydrogens is 544 g/mol. The summed E-state index contributed by atoms with van der Waals surface area (Å²) in [6, 6.07) is 9.08. The van der Waals surface area contributed by atoms with Gasteiger partial charge >= 0.3 is 5.97 Å². The van der Waals surface area contributed by atoms with Crippen LogP contribution in [0.3, 0.4) is 0 Å². The minimum atomic E-state index is -2.70. The summed E-state index contributed by atoms with van der Waals surface area (Å²) >= 11 is 0. The number of carbonyl (C=O) groups is 4. The first-order valence-corrected chi connectivity index (χ1v) is 13.2. The van der Waals surface area contributed by atoms with Crippen molar-refractivity contribution in [1.82, 2.24) is 4.90 Å². The number of carbonyl (C=O) groups excluding carboxylic acids is 4. The number of aliphatic hydroxyl groups excluding tert-OH is 2. The number of ether oxygens (including phenoxy) is 1. The summed E-state index contributed by atoms with van der Waals surface area (Å²) in [6.45, 7) is 0. The van der Waals surface area contributed by atoms with Gasteiger partial charge in [0.1, 0.15) is 22.8 Å². The maximum absolute atomic E-state index is 14.0. The molecule has 5 rings (SSSR count). The number of fused-ring (bicyclic) bond motifs is 3. The van der Waals surface area contributed by atoms with E-state index in [2.05, 4.69) is 4.74 Å². The third-order valence-electron chi connectivity index (χ3n) is 8.41. The molecule has 1 amide bonds. The molecule has 2 unspecified atom stereocenters. The van der Waals surface area contributed by atoms with Gasteiger partial charge in [-0.15, -0.1) is 0 Å².